The Hall–Kier alpha value is -3.19. The van der Waals surface area contributed by atoms with E-state index in [2.05, 4.69) is 34.2 Å². The van der Waals surface area contributed by atoms with E-state index in [-0.39, 0.29) is 29.8 Å². The quantitative estimate of drug-likeness (QED) is 0.575. The molecule has 3 rings (SSSR count). The molecule has 7 nitrogen and oxygen atoms in total. The Balaban J connectivity index is 1.70. The fourth-order valence-electron chi connectivity index (χ4n) is 3.99. The summed E-state index contributed by atoms with van der Waals surface area (Å²) in [5.41, 5.74) is 0.711. The second-order valence-electron chi connectivity index (χ2n) is 8.63. The highest BCUT2D eigenvalue weighted by atomic mass is 16.2. The molecule has 1 saturated heterocycles. The summed E-state index contributed by atoms with van der Waals surface area (Å²) < 4.78 is 1.78. The van der Waals surface area contributed by atoms with E-state index in [1.54, 1.807) is 16.8 Å². The van der Waals surface area contributed by atoms with Crippen molar-refractivity contribution in [3.05, 3.63) is 82.3 Å². The summed E-state index contributed by atoms with van der Waals surface area (Å²) in [5.74, 6) is -0.919. The number of benzene rings is 1. The zero-order chi connectivity index (χ0) is 23.8. The number of nitrogens with one attached hydrogen (secondary N) is 2. The van der Waals surface area contributed by atoms with Gasteiger partial charge in [0.05, 0.1) is 0 Å². The summed E-state index contributed by atoms with van der Waals surface area (Å²) >= 11 is 0. The summed E-state index contributed by atoms with van der Waals surface area (Å²) in [4.78, 5) is 41.0. The van der Waals surface area contributed by atoms with Gasteiger partial charge in [0.15, 0.2) is 0 Å². The lowest BCUT2D eigenvalue weighted by molar-refractivity contribution is 0.0907. The molecule has 1 aromatic heterocycles. The van der Waals surface area contributed by atoms with Crippen molar-refractivity contribution in [2.45, 2.75) is 51.7 Å². The lowest BCUT2D eigenvalue weighted by atomic mass is 10.0. The molecule has 2 amide bonds. The first-order valence-electron chi connectivity index (χ1n) is 11.6. The maximum atomic E-state index is 13.1. The highest BCUT2D eigenvalue weighted by Crippen LogP contribution is 2.15. The topological polar surface area (TPSA) is 83.4 Å². The number of hydrogen-bond donors (Lipinski definition) is 2. The molecule has 0 aliphatic carbocycles. The third-order valence-electron chi connectivity index (χ3n) is 6.21. The van der Waals surface area contributed by atoms with Crippen molar-refractivity contribution in [1.82, 2.24) is 20.1 Å². The lowest BCUT2D eigenvalue weighted by Crippen LogP contribution is -2.45. The number of nitrogens with zero attached hydrogens (tertiary/aromatic N) is 2. The van der Waals surface area contributed by atoms with Crippen LogP contribution >= 0.6 is 0 Å². The number of carbonyl (C=O) groups excluding carboxylic acids is 2. The first kappa shape index (κ1) is 24.5. The van der Waals surface area contributed by atoms with Gasteiger partial charge in [-0.25, -0.2) is 0 Å². The molecule has 1 aliphatic rings. The van der Waals surface area contributed by atoms with E-state index in [9.17, 15) is 14.4 Å². The molecule has 1 aromatic carbocycles. The molecule has 33 heavy (non-hydrogen) atoms. The fraction of sp³-hybridized carbons (Fsp3) is 0.423. The van der Waals surface area contributed by atoms with Crippen LogP contribution in [0.1, 0.15) is 65.4 Å². The number of amides is 2. The van der Waals surface area contributed by atoms with Crippen LogP contribution in [0.2, 0.25) is 0 Å². The molecule has 2 heterocycles. The number of pyridine rings is 1. The van der Waals surface area contributed by atoms with E-state index in [0.717, 1.165) is 38.9 Å². The van der Waals surface area contributed by atoms with Crippen molar-refractivity contribution in [2.24, 2.45) is 0 Å². The molecule has 2 aromatic rings. The highest BCUT2D eigenvalue weighted by Gasteiger charge is 2.24. The van der Waals surface area contributed by atoms with Crippen LogP contribution in [0.4, 0.5) is 0 Å². The van der Waals surface area contributed by atoms with Gasteiger partial charge in [-0.2, -0.15) is 0 Å². The maximum Gasteiger partial charge on any atom is 0.257 e. The molecule has 0 bridgehead atoms. The number of piperidine rings is 1. The van der Waals surface area contributed by atoms with Gasteiger partial charge in [-0.3, -0.25) is 19.3 Å². The smallest absolute Gasteiger partial charge is 0.257 e. The van der Waals surface area contributed by atoms with Crippen LogP contribution in [-0.4, -0.2) is 47.0 Å². The standard InChI is InChI=1S/C26H34N4O3/c1-4-13-27-25(32)22-17-30(19(3)5-2)18-23(24(22)31)26(33)28-21-11-14-29(15-12-21)16-20-9-7-6-8-10-20/h4,6-10,17-19,21H,1,5,11-16H2,2-3H3,(H,27,32)(H,28,33)/t19-/m0/s1. The predicted molar refractivity (Wildman–Crippen MR) is 130 cm³/mol. The van der Waals surface area contributed by atoms with Gasteiger partial charge in [0.25, 0.3) is 11.8 Å². The van der Waals surface area contributed by atoms with Crippen molar-refractivity contribution < 1.29 is 9.59 Å². The van der Waals surface area contributed by atoms with Crippen LogP contribution in [0.5, 0.6) is 0 Å². The summed E-state index contributed by atoms with van der Waals surface area (Å²) in [6.45, 7) is 10.5. The van der Waals surface area contributed by atoms with E-state index < -0.39 is 17.2 Å². The Morgan fingerprint density at radius 1 is 1.12 bits per heavy atom. The average molecular weight is 451 g/mol. The second-order valence-corrected chi connectivity index (χ2v) is 8.63. The Labute approximate surface area is 195 Å². The van der Waals surface area contributed by atoms with Crippen LogP contribution in [0, 0.1) is 0 Å². The number of rotatable bonds is 9. The molecule has 1 aliphatic heterocycles. The van der Waals surface area contributed by atoms with Gasteiger partial charge in [0.1, 0.15) is 11.1 Å². The van der Waals surface area contributed by atoms with Gasteiger partial charge in [-0.05, 0) is 31.7 Å². The highest BCUT2D eigenvalue weighted by molar-refractivity contribution is 5.99. The van der Waals surface area contributed by atoms with Gasteiger partial charge in [0, 0.05) is 50.7 Å². The third kappa shape index (κ3) is 6.42. The van der Waals surface area contributed by atoms with Crippen LogP contribution in [0.15, 0.2) is 60.2 Å². The first-order valence-corrected chi connectivity index (χ1v) is 11.6. The Morgan fingerprint density at radius 2 is 1.76 bits per heavy atom. The SMILES string of the molecule is C=CCNC(=O)c1cn([C@@H](C)CC)cc(C(=O)NC2CCN(Cc3ccccc3)CC2)c1=O. The van der Waals surface area contributed by atoms with E-state index in [1.165, 1.54) is 11.8 Å². The largest absolute Gasteiger partial charge is 0.350 e. The minimum Gasteiger partial charge on any atom is -0.350 e. The third-order valence-corrected chi connectivity index (χ3v) is 6.21. The predicted octanol–water partition coefficient (Wildman–Crippen LogP) is 3.13. The van der Waals surface area contributed by atoms with Gasteiger partial charge in [0.2, 0.25) is 5.43 Å². The molecule has 7 heteroatoms. The Bertz CT molecular complexity index is 1020. The van der Waals surface area contributed by atoms with Crippen molar-refractivity contribution >= 4 is 11.8 Å². The first-order chi connectivity index (χ1) is 15.9. The van der Waals surface area contributed by atoms with Gasteiger partial charge >= 0.3 is 0 Å². The minimum atomic E-state index is -0.546. The van der Waals surface area contributed by atoms with E-state index >= 15 is 0 Å². The van der Waals surface area contributed by atoms with Gasteiger partial charge in [-0.15, -0.1) is 6.58 Å². The minimum absolute atomic E-state index is 0.000722. The fourth-order valence-corrected chi connectivity index (χ4v) is 3.99. The summed E-state index contributed by atoms with van der Waals surface area (Å²) in [6.07, 6.45) is 7.09. The van der Waals surface area contributed by atoms with Crippen molar-refractivity contribution in [2.75, 3.05) is 19.6 Å². The maximum absolute atomic E-state index is 13.1. The number of likely N-dealkylation sites (tertiary alicyclic amines) is 1. The molecule has 2 N–H and O–H groups in total. The molecule has 0 radical (unpaired) electrons. The van der Waals surface area contributed by atoms with Crippen LogP contribution < -0.4 is 16.1 Å². The molecule has 176 valence electrons. The number of aromatic nitrogens is 1. The molecule has 0 saturated carbocycles. The average Bonchev–Trinajstić information content (AvgIpc) is 2.84. The lowest BCUT2D eigenvalue weighted by Gasteiger charge is -2.32. The van der Waals surface area contributed by atoms with Crippen molar-refractivity contribution in [3.63, 3.8) is 0 Å². The van der Waals surface area contributed by atoms with Crippen LogP contribution in [0.25, 0.3) is 0 Å². The van der Waals surface area contributed by atoms with Crippen LogP contribution in [0.3, 0.4) is 0 Å². The van der Waals surface area contributed by atoms with Crippen molar-refractivity contribution in [3.8, 4) is 0 Å². The monoisotopic (exact) mass is 450 g/mol. The van der Waals surface area contributed by atoms with E-state index in [1.807, 2.05) is 32.0 Å². The van der Waals surface area contributed by atoms with Crippen molar-refractivity contribution in [1.29, 1.82) is 0 Å². The normalized spacial score (nSPS) is 15.6. The van der Waals surface area contributed by atoms with Gasteiger partial charge in [-0.1, -0.05) is 43.3 Å². The molecule has 1 fully saturated rings. The molecule has 1 atom stereocenters. The summed E-state index contributed by atoms with van der Waals surface area (Å²) in [5, 5.41) is 5.67. The Morgan fingerprint density at radius 3 is 2.36 bits per heavy atom. The van der Waals surface area contributed by atoms with E-state index in [0.29, 0.717) is 0 Å². The zero-order valence-corrected chi connectivity index (χ0v) is 19.5. The van der Waals surface area contributed by atoms with Crippen LogP contribution in [-0.2, 0) is 6.54 Å². The number of hydrogen-bond acceptors (Lipinski definition) is 4. The van der Waals surface area contributed by atoms with Gasteiger partial charge < -0.3 is 15.2 Å². The summed E-state index contributed by atoms with van der Waals surface area (Å²) in [6, 6.07) is 10.4. The summed E-state index contributed by atoms with van der Waals surface area (Å²) in [7, 11) is 0. The molecular formula is C26H34N4O3. The zero-order valence-electron chi connectivity index (χ0n) is 19.5. The molecule has 0 spiro atoms. The second kappa shape index (κ2) is 11.6. The molecule has 0 unspecified atom stereocenters. The molecular weight excluding hydrogens is 416 g/mol. The van der Waals surface area contributed by atoms with E-state index in [4.69, 9.17) is 0 Å². The Kier molecular flexibility index (Phi) is 8.60. The number of carbonyl (C=O) groups is 2.